The van der Waals surface area contributed by atoms with Crippen molar-refractivity contribution >= 4 is 11.7 Å². The molecule has 13 heavy (non-hydrogen) atoms. The van der Waals surface area contributed by atoms with Gasteiger partial charge in [0.1, 0.15) is 5.78 Å². The SMILES string of the molecule is CNC(C)C(C)=O.CNNC(C)=O.[2HH]. The fourth-order valence-corrected chi connectivity index (χ4v) is 0.379. The van der Waals surface area contributed by atoms with E-state index in [9.17, 15) is 9.59 Å². The van der Waals surface area contributed by atoms with Crippen LogP contribution in [0.5, 0.6) is 0 Å². The molecule has 1 atom stereocenters. The summed E-state index contributed by atoms with van der Waals surface area (Å²) < 4.78 is 0. The van der Waals surface area contributed by atoms with Crippen molar-refractivity contribution in [1.29, 1.82) is 0 Å². The molecule has 0 aromatic rings. The van der Waals surface area contributed by atoms with Crippen LogP contribution >= 0.6 is 0 Å². The second kappa shape index (κ2) is 9.15. The second-order valence-corrected chi connectivity index (χ2v) is 2.55. The van der Waals surface area contributed by atoms with Crippen molar-refractivity contribution in [3.63, 3.8) is 0 Å². The van der Waals surface area contributed by atoms with Gasteiger partial charge in [0, 0.05) is 15.4 Å². The van der Waals surface area contributed by atoms with Crippen molar-refractivity contribution in [3.8, 4) is 0 Å². The Hall–Kier alpha value is -0.940. The predicted octanol–water partition coefficient (Wildman–Crippen LogP) is -0.314. The molecule has 80 valence electrons. The van der Waals surface area contributed by atoms with Gasteiger partial charge in [0.05, 0.1) is 6.04 Å². The first kappa shape index (κ1) is 14.6. The fraction of sp³-hybridized carbons (Fsp3) is 0.750. The summed E-state index contributed by atoms with van der Waals surface area (Å²) in [6.45, 7) is 4.85. The smallest absolute Gasteiger partial charge is 0.230 e. The molecule has 0 bridgehead atoms. The molecule has 0 saturated heterocycles. The van der Waals surface area contributed by atoms with Crippen LogP contribution in [0.3, 0.4) is 0 Å². The van der Waals surface area contributed by atoms with Gasteiger partial charge in [0.15, 0.2) is 0 Å². The second-order valence-electron chi connectivity index (χ2n) is 2.55. The average molecular weight is 192 g/mol. The number of hydrazine groups is 1. The zero-order chi connectivity index (χ0) is 10.9. The third-order valence-corrected chi connectivity index (χ3v) is 1.34. The normalized spacial score (nSPS) is 10.8. The van der Waals surface area contributed by atoms with Crippen LogP contribution in [-0.4, -0.2) is 31.8 Å². The van der Waals surface area contributed by atoms with Crippen molar-refractivity contribution in [2.24, 2.45) is 0 Å². The number of nitrogens with one attached hydrogen (secondary N) is 3. The molecule has 0 aliphatic rings. The van der Waals surface area contributed by atoms with Crippen molar-refractivity contribution in [2.45, 2.75) is 26.8 Å². The molecule has 1 amide bonds. The van der Waals surface area contributed by atoms with Crippen molar-refractivity contribution in [1.82, 2.24) is 16.2 Å². The zero-order valence-corrected chi connectivity index (χ0v) is 8.89. The molecule has 0 spiro atoms. The Balaban J connectivity index is -0.000000163. The van der Waals surface area contributed by atoms with Crippen molar-refractivity contribution < 1.29 is 11.0 Å². The maximum Gasteiger partial charge on any atom is 0.230 e. The first-order valence-corrected chi connectivity index (χ1v) is 4.06. The summed E-state index contributed by atoms with van der Waals surface area (Å²) in [5, 5.41) is 2.81. The van der Waals surface area contributed by atoms with E-state index in [0.29, 0.717) is 0 Å². The first-order chi connectivity index (χ1) is 5.95. The van der Waals surface area contributed by atoms with Crippen LogP contribution in [-0.2, 0) is 9.59 Å². The minimum Gasteiger partial charge on any atom is -0.311 e. The zero-order valence-electron chi connectivity index (χ0n) is 8.89. The van der Waals surface area contributed by atoms with Crippen molar-refractivity contribution in [3.05, 3.63) is 0 Å². The molecule has 1 unspecified atom stereocenters. The summed E-state index contributed by atoms with van der Waals surface area (Å²) in [5.41, 5.74) is 4.79. The van der Waals surface area contributed by atoms with Crippen LogP contribution in [0.4, 0.5) is 0 Å². The quantitative estimate of drug-likeness (QED) is 0.536. The molecular formula is C8H21N3O2. The van der Waals surface area contributed by atoms with Gasteiger partial charge in [-0.05, 0) is 20.9 Å². The largest absolute Gasteiger partial charge is 0.311 e. The maximum absolute atomic E-state index is 10.3. The summed E-state index contributed by atoms with van der Waals surface area (Å²) >= 11 is 0. The number of carbonyl (C=O) groups excluding carboxylic acids is 2. The Morgan fingerprint density at radius 1 is 1.23 bits per heavy atom. The lowest BCUT2D eigenvalue weighted by Gasteiger charge is -2.01. The van der Waals surface area contributed by atoms with E-state index in [2.05, 4.69) is 16.2 Å². The Bertz CT molecular complexity index is 165. The lowest BCUT2D eigenvalue weighted by molar-refractivity contribution is -0.120. The van der Waals surface area contributed by atoms with E-state index >= 15 is 0 Å². The van der Waals surface area contributed by atoms with Gasteiger partial charge < -0.3 is 5.32 Å². The molecule has 0 aliphatic heterocycles. The van der Waals surface area contributed by atoms with Crippen LogP contribution < -0.4 is 16.2 Å². The third-order valence-electron chi connectivity index (χ3n) is 1.34. The standard InChI is InChI=1S/C5H11NO.C3H8N2O.H2/c1-4(6-3)5(2)7;1-3(6)5-4-2;/h4,6H,1-3H3;4H,1-2H3,(H,5,6);1H/i;;1+1. The van der Waals surface area contributed by atoms with Crippen LogP contribution in [0.1, 0.15) is 22.2 Å². The summed E-state index contributed by atoms with van der Waals surface area (Å²) in [6, 6.07) is 0.0139. The van der Waals surface area contributed by atoms with Gasteiger partial charge in [-0.3, -0.25) is 15.0 Å². The number of Topliss-reactive ketones (excluding diaryl/α,β-unsaturated/α-hetero) is 1. The first-order valence-electron chi connectivity index (χ1n) is 4.06. The molecule has 5 nitrogen and oxygen atoms in total. The highest BCUT2D eigenvalue weighted by molar-refractivity contribution is 5.80. The van der Waals surface area contributed by atoms with Gasteiger partial charge in [-0.25, -0.2) is 5.43 Å². The van der Waals surface area contributed by atoms with Gasteiger partial charge >= 0.3 is 0 Å². The minimum absolute atomic E-state index is 0. The topological polar surface area (TPSA) is 70.2 Å². The van der Waals surface area contributed by atoms with Crippen LogP contribution in [0, 0.1) is 0 Å². The molecule has 0 saturated carbocycles. The summed E-state index contributed by atoms with van der Waals surface area (Å²) in [4.78, 5) is 20.2. The molecular weight excluding hydrogens is 170 g/mol. The molecule has 0 radical (unpaired) electrons. The molecule has 3 N–H and O–H groups in total. The van der Waals surface area contributed by atoms with Gasteiger partial charge in [-0.1, -0.05) is 0 Å². The third kappa shape index (κ3) is 14.0. The molecule has 0 rings (SSSR count). The molecule has 0 heterocycles. The lowest BCUT2D eigenvalue weighted by Crippen LogP contribution is -2.31. The number of likely N-dealkylation sites (N-methyl/N-ethyl adjacent to an activating group) is 1. The Morgan fingerprint density at radius 3 is 1.69 bits per heavy atom. The molecule has 5 heteroatoms. The average Bonchev–Trinajstić information content (AvgIpc) is 2.03. The highest BCUT2D eigenvalue weighted by Crippen LogP contribution is 1.77. The van der Waals surface area contributed by atoms with Gasteiger partial charge in [-0.2, -0.15) is 0 Å². The molecule has 0 aromatic carbocycles. The number of carbonyl (C=O) groups is 2. The number of hydrogen-bond acceptors (Lipinski definition) is 4. The Morgan fingerprint density at radius 2 is 1.69 bits per heavy atom. The highest BCUT2D eigenvalue weighted by Gasteiger charge is 2.00. The van der Waals surface area contributed by atoms with E-state index in [1.165, 1.54) is 6.92 Å². The van der Waals surface area contributed by atoms with E-state index in [0.717, 1.165) is 0 Å². The Labute approximate surface area is 80.7 Å². The molecule has 0 fully saturated rings. The number of hydrogen-bond donors (Lipinski definition) is 3. The minimum atomic E-state index is -0.0718. The number of rotatable bonds is 3. The van der Waals surface area contributed by atoms with Crippen LogP contribution in [0.2, 0.25) is 0 Å². The predicted molar refractivity (Wildman–Crippen MR) is 54.2 cm³/mol. The molecule has 0 aliphatic carbocycles. The monoisotopic (exact) mass is 192 g/mol. The lowest BCUT2D eigenvalue weighted by atomic mass is 10.2. The van der Waals surface area contributed by atoms with E-state index in [1.807, 2.05) is 6.92 Å². The fourth-order valence-electron chi connectivity index (χ4n) is 0.379. The Kier molecular flexibility index (Phi) is 10.3. The molecule has 0 aromatic heterocycles. The van der Waals surface area contributed by atoms with Crippen molar-refractivity contribution in [2.75, 3.05) is 14.1 Å². The van der Waals surface area contributed by atoms with E-state index in [1.54, 1.807) is 21.0 Å². The van der Waals surface area contributed by atoms with E-state index < -0.39 is 0 Å². The number of ketones is 1. The van der Waals surface area contributed by atoms with Gasteiger partial charge in [-0.15, -0.1) is 0 Å². The van der Waals surface area contributed by atoms with Gasteiger partial charge in [0.25, 0.3) is 0 Å². The summed E-state index contributed by atoms with van der Waals surface area (Å²) in [5.74, 6) is 0.111. The highest BCUT2D eigenvalue weighted by atomic mass is 16.2. The van der Waals surface area contributed by atoms with Gasteiger partial charge in [0.2, 0.25) is 5.91 Å². The van der Waals surface area contributed by atoms with Crippen LogP contribution in [0.25, 0.3) is 0 Å². The summed E-state index contributed by atoms with van der Waals surface area (Å²) in [7, 11) is 3.41. The van der Waals surface area contributed by atoms with E-state index in [-0.39, 0.29) is 19.2 Å². The van der Waals surface area contributed by atoms with E-state index in [4.69, 9.17) is 0 Å². The maximum atomic E-state index is 10.3. The van der Waals surface area contributed by atoms with Crippen LogP contribution in [0.15, 0.2) is 0 Å². The number of amides is 1. The summed E-state index contributed by atoms with van der Waals surface area (Å²) in [6.07, 6.45) is 0.